The molecule has 0 radical (unpaired) electrons. The first-order chi connectivity index (χ1) is 28.0. The molecule has 58 heavy (non-hydrogen) atoms. The van der Waals surface area contributed by atoms with E-state index >= 15 is 0 Å². The zero-order chi connectivity index (χ0) is 40.9. The Kier molecular flexibility index (Phi) is 11.4. The Morgan fingerprint density at radius 1 is 0.741 bits per heavy atom. The molecule has 0 bridgehead atoms. The highest BCUT2D eigenvalue weighted by Gasteiger charge is 2.42. The van der Waals surface area contributed by atoms with Crippen molar-refractivity contribution in [3.8, 4) is 22.5 Å². The number of tetrazole rings is 1. The van der Waals surface area contributed by atoms with Gasteiger partial charge in [0.2, 0.25) is 0 Å². The third-order valence-electron chi connectivity index (χ3n) is 9.94. The predicted molar refractivity (Wildman–Crippen MR) is 221 cm³/mol. The minimum atomic E-state index is -1.49. The van der Waals surface area contributed by atoms with E-state index < -0.39 is 29.4 Å². The van der Waals surface area contributed by atoms with Crippen molar-refractivity contribution in [1.82, 2.24) is 29.8 Å². The van der Waals surface area contributed by atoms with Gasteiger partial charge in [-0.3, -0.25) is 0 Å². The fourth-order valence-electron chi connectivity index (χ4n) is 7.57. The molecule has 0 atom stereocenters. The van der Waals surface area contributed by atoms with Crippen LogP contribution < -0.4 is 0 Å². The van der Waals surface area contributed by atoms with Crippen LogP contribution in [0.5, 0.6) is 0 Å². The number of esters is 1. The summed E-state index contributed by atoms with van der Waals surface area (Å²) >= 11 is 0. The topological polar surface area (TPSA) is 134 Å². The number of carbonyl (C=O) groups is 2. The summed E-state index contributed by atoms with van der Waals surface area (Å²) in [6.07, 6.45) is -0.326. The number of benzene rings is 5. The van der Waals surface area contributed by atoms with Gasteiger partial charge in [0.1, 0.15) is 17.0 Å². The molecular formula is C47H46N6O5. The average molecular weight is 775 g/mol. The summed E-state index contributed by atoms with van der Waals surface area (Å²) in [5, 5.41) is 25.1. The van der Waals surface area contributed by atoms with E-state index in [-0.39, 0.29) is 11.4 Å². The molecule has 294 valence electrons. The Morgan fingerprint density at radius 3 is 1.79 bits per heavy atom. The van der Waals surface area contributed by atoms with Crippen LogP contribution in [0.4, 0.5) is 4.79 Å². The number of hydrogen-bond donors (Lipinski definition) is 1. The first-order valence-corrected chi connectivity index (χ1v) is 19.4. The van der Waals surface area contributed by atoms with Gasteiger partial charge in [0.25, 0.3) is 0 Å². The molecule has 0 aliphatic carbocycles. The Balaban J connectivity index is 1.30. The first-order valence-electron chi connectivity index (χ1n) is 19.4. The van der Waals surface area contributed by atoms with Crippen molar-refractivity contribution in [1.29, 1.82) is 0 Å². The van der Waals surface area contributed by atoms with Crippen molar-refractivity contribution in [3.05, 3.63) is 179 Å². The highest BCUT2D eigenvalue weighted by molar-refractivity contribution is 5.95. The third-order valence-corrected chi connectivity index (χ3v) is 9.94. The minimum Gasteiger partial charge on any atom is -0.431 e. The third kappa shape index (κ3) is 7.81. The van der Waals surface area contributed by atoms with E-state index in [0.717, 1.165) is 45.4 Å². The second-order valence-electron chi connectivity index (χ2n) is 14.9. The standard InChI is InChI=1S/C47H46N6O5/c1-6-18-40-48-41(44(54)58-45(55)57-32(2)3)42(46(4,5)56)52(40)31-33-27-29-34(30-28-33)38-25-16-17-26-39(38)43-49-50-51-53(43)47(35-19-10-7-11-20-35,36-21-12-8-13-22-36)37-23-14-9-15-24-37/h7-17,19-30,32,56H,6,18,31H2,1-5H3. The van der Waals surface area contributed by atoms with E-state index in [4.69, 9.17) is 19.8 Å². The number of imidazole rings is 1. The fraction of sp³-hybridized carbons (Fsp3) is 0.234. The average Bonchev–Trinajstić information content (AvgIpc) is 3.85. The zero-order valence-corrected chi connectivity index (χ0v) is 33.2. The molecule has 2 heterocycles. The SMILES string of the molecule is CCCc1nc(C(=O)OC(=O)OC(C)C)c(C(C)(C)O)n1Cc1ccc(-c2ccccc2-c2nnnn2C(c2ccccc2)(c2ccccc2)c2ccccc2)cc1. The van der Waals surface area contributed by atoms with Gasteiger partial charge in [-0.25, -0.2) is 19.3 Å². The number of ether oxygens (including phenoxy) is 2. The predicted octanol–water partition coefficient (Wildman–Crippen LogP) is 8.97. The number of nitrogens with zero attached hydrogens (tertiary/aromatic N) is 6. The second kappa shape index (κ2) is 16.8. The summed E-state index contributed by atoms with van der Waals surface area (Å²) in [7, 11) is 0. The van der Waals surface area contributed by atoms with Gasteiger partial charge in [0.05, 0.1) is 11.8 Å². The molecule has 11 nitrogen and oxygen atoms in total. The van der Waals surface area contributed by atoms with Crippen LogP contribution >= 0.6 is 0 Å². The highest BCUT2D eigenvalue weighted by atomic mass is 16.7. The largest absolute Gasteiger partial charge is 0.516 e. The smallest absolute Gasteiger partial charge is 0.431 e. The Bertz CT molecular complexity index is 2390. The summed E-state index contributed by atoms with van der Waals surface area (Å²) in [4.78, 5) is 30.1. The maximum atomic E-state index is 13.3. The first kappa shape index (κ1) is 39.5. The molecule has 0 aliphatic rings. The van der Waals surface area contributed by atoms with Crippen LogP contribution in [-0.2, 0) is 33.6 Å². The van der Waals surface area contributed by atoms with Gasteiger partial charge in [-0.05, 0) is 77.9 Å². The van der Waals surface area contributed by atoms with Crippen LogP contribution in [-0.4, -0.2) is 53.1 Å². The van der Waals surface area contributed by atoms with Crippen LogP contribution in [0.1, 0.15) is 85.3 Å². The number of aliphatic hydroxyl groups is 1. The molecular weight excluding hydrogens is 729 g/mol. The van der Waals surface area contributed by atoms with Crippen molar-refractivity contribution in [3.63, 3.8) is 0 Å². The highest BCUT2D eigenvalue weighted by Crippen LogP contribution is 2.43. The normalized spacial score (nSPS) is 11.8. The van der Waals surface area contributed by atoms with Crippen LogP contribution in [0, 0.1) is 0 Å². The molecule has 0 saturated carbocycles. The second-order valence-corrected chi connectivity index (χ2v) is 14.9. The van der Waals surface area contributed by atoms with Gasteiger partial charge in [0, 0.05) is 18.5 Å². The van der Waals surface area contributed by atoms with Crippen molar-refractivity contribution >= 4 is 12.1 Å². The maximum Gasteiger partial charge on any atom is 0.516 e. The van der Waals surface area contributed by atoms with E-state index in [1.807, 2.05) is 113 Å². The van der Waals surface area contributed by atoms with Gasteiger partial charge in [-0.2, -0.15) is 0 Å². The molecule has 0 fully saturated rings. The van der Waals surface area contributed by atoms with E-state index in [9.17, 15) is 14.7 Å². The van der Waals surface area contributed by atoms with Gasteiger partial charge < -0.3 is 19.1 Å². The van der Waals surface area contributed by atoms with E-state index in [1.165, 1.54) is 0 Å². The van der Waals surface area contributed by atoms with Crippen molar-refractivity contribution in [2.24, 2.45) is 0 Å². The summed E-state index contributed by atoms with van der Waals surface area (Å²) < 4.78 is 13.8. The molecule has 1 N–H and O–H groups in total. The lowest BCUT2D eigenvalue weighted by molar-refractivity contribution is 0.0259. The maximum absolute atomic E-state index is 13.3. The van der Waals surface area contributed by atoms with Gasteiger partial charge in [-0.15, -0.1) is 5.10 Å². The summed E-state index contributed by atoms with van der Waals surface area (Å²) in [5.74, 6) is 0.193. The Hall–Kier alpha value is -6.72. The van der Waals surface area contributed by atoms with Crippen LogP contribution in [0.15, 0.2) is 140 Å². The quantitative estimate of drug-likeness (QED) is 0.0692. The lowest BCUT2D eigenvalue weighted by Gasteiger charge is -2.36. The van der Waals surface area contributed by atoms with Crippen molar-refractivity contribution in [2.45, 2.75) is 71.2 Å². The molecule has 11 heteroatoms. The molecule has 2 aromatic heterocycles. The molecule has 0 saturated heterocycles. The summed E-state index contributed by atoms with van der Waals surface area (Å²) in [6, 6.07) is 47.1. The van der Waals surface area contributed by atoms with Gasteiger partial charge >= 0.3 is 12.1 Å². The van der Waals surface area contributed by atoms with Crippen LogP contribution in [0.3, 0.4) is 0 Å². The lowest BCUT2D eigenvalue weighted by atomic mass is 9.77. The molecule has 0 aliphatic heterocycles. The van der Waals surface area contributed by atoms with Gasteiger partial charge in [-0.1, -0.05) is 146 Å². The number of aromatic nitrogens is 6. The Morgan fingerprint density at radius 2 is 1.28 bits per heavy atom. The van der Waals surface area contributed by atoms with Crippen molar-refractivity contribution in [2.75, 3.05) is 0 Å². The van der Waals surface area contributed by atoms with Gasteiger partial charge in [0.15, 0.2) is 11.5 Å². The zero-order valence-electron chi connectivity index (χ0n) is 33.2. The molecule has 0 amide bonds. The van der Waals surface area contributed by atoms with E-state index in [0.29, 0.717) is 24.6 Å². The number of aryl methyl sites for hydroxylation is 1. The fourth-order valence-corrected chi connectivity index (χ4v) is 7.57. The van der Waals surface area contributed by atoms with Crippen LogP contribution in [0.25, 0.3) is 22.5 Å². The minimum absolute atomic E-state index is 0.127. The Labute approximate surface area is 337 Å². The molecule has 5 aromatic carbocycles. The molecule has 0 unspecified atom stereocenters. The number of carbonyl (C=O) groups excluding carboxylic acids is 2. The molecule has 7 aromatic rings. The summed E-state index contributed by atoms with van der Waals surface area (Å²) in [5.41, 5.74) is 4.33. The lowest BCUT2D eigenvalue weighted by Crippen LogP contribution is -2.39. The number of rotatable bonds is 13. The monoisotopic (exact) mass is 774 g/mol. The van der Waals surface area contributed by atoms with E-state index in [2.05, 4.69) is 52.7 Å². The van der Waals surface area contributed by atoms with E-state index in [1.54, 1.807) is 27.7 Å². The van der Waals surface area contributed by atoms with Crippen molar-refractivity contribution < 1.29 is 24.2 Å². The summed E-state index contributed by atoms with van der Waals surface area (Å²) in [6.45, 7) is 8.78. The number of hydrogen-bond acceptors (Lipinski definition) is 9. The molecule has 0 spiro atoms. The molecule has 7 rings (SSSR count). The van der Waals surface area contributed by atoms with Crippen LogP contribution in [0.2, 0.25) is 0 Å².